The molecule has 2 N–H and O–H groups in total. The van der Waals surface area contributed by atoms with Gasteiger partial charge in [0.05, 0.1) is 0 Å². The van der Waals surface area contributed by atoms with Crippen molar-refractivity contribution in [1.82, 2.24) is 0 Å². The first-order valence-electron chi connectivity index (χ1n) is 2.30. The van der Waals surface area contributed by atoms with Crippen LogP contribution in [-0.2, 0) is 4.79 Å². The molecule has 0 heterocycles. The Morgan fingerprint density at radius 3 is 2.57 bits per heavy atom. The van der Waals surface area contributed by atoms with Gasteiger partial charge in [-0.1, -0.05) is 6.92 Å². The van der Waals surface area contributed by atoms with Crippen LogP contribution >= 0.6 is 0 Å². The average molecular weight is 100 g/mol. The first-order valence-corrected chi connectivity index (χ1v) is 2.30. The molecule has 0 aromatic rings. The second-order valence-electron chi connectivity index (χ2n) is 1.54. The van der Waals surface area contributed by atoms with E-state index in [1.54, 1.807) is 6.42 Å². The molecule has 2 nitrogen and oxygen atoms in total. The first kappa shape index (κ1) is 6.63. The molecule has 1 radical (unpaired) electrons. The highest BCUT2D eigenvalue weighted by Gasteiger charge is 1.94. The molecule has 41 valence electrons. The minimum Gasteiger partial charge on any atom is -0.330 e. The normalized spacial score (nSPS) is 13.4. The Kier molecular flexibility index (Phi) is 3.61. The maximum atomic E-state index is 9.66. The number of hydrogen-bond donors (Lipinski definition) is 1. The molecule has 0 aliphatic rings. The van der Waals surface area contributed by atoms with Crippen LogP contribution in [0.2, 0.25) is 0 Å². The van der Waals surface area contributed by atoms with Crippen molar-refractivity contribution in [1.29, 1.82) is 0 Å². The predicted octanol–water partition coefficient (Wildman–Crippen LogP) is -0.0156. The number of hydrogen-bond acceptors (Lipinski definition) is 2. The fourth-order valence-electron chi connectivity index (χ4n) is 0.213. The van der Waals surface area contributed by atoms with Gasteiger partial charge in [-0.05, 0) is 12.5 Å². The molecule has 0 aromatic heterocycles. The van der Waals surface area contributed by atoms with Crippen molar-refractivity contribution in [2.75, 3.05) is 6.54 Å². The molecule has 0 spiro atoms. The van der Waals surface area contributed by atoms with Crippen LogP contribution in [-0.4, -0.2) is 12.8 Å². The zero-order valence-electron chi connectivity index (χ0n) is 4.42. The van der Waals surface area contributed by atoms with Crippen molar-refractivity contribution in [3.63, 3.8) is 0 Å². The third-order valence-electron chi connectivity index (χ3n) is 0.779. The van der Waals surface area contributed by atoms with Gasteiger partial charge in [-0.15, -0.1) is 0 Å². The van der Waals surface area contributed by atoms with Crippen LogP contribution in [0.25, 0.3) is 0 Å². The molecule has 0 aliphatic carbocycles. The third-order valence-corrected chi connectivity index (χ3v) is 0.779. The van der Waals surface area contributed by atoms with Crippen molar-refractivity contribution < 1.29 is 4.79 Å². The molecule has 0 fully saturated rings. The van der Waals surface area contributed by atoms with Gasteiger partial charge >= 0.3 is 0 Å². The number of aldehydes is 1. The van der Waals surface area contributed by atoms with E-state index in [-0.39, 0.29) is 5.92 Å². The van der Waals surface area contributed by atoms with Crippen molar-refractivity contribution in [2.24, 2.45) is 11.7 Å². The predicted molar refractivity (Wildman–Crippen MR) is 28.6 cm³/mol. The third kappa shape index (κ3) is 3.46. The summed E-state index contributed by atoms with van der Waals surface area (Å²) in [5, 5.41) is 0. The maximum Gasteiger partial charge on any atom is 0.124 e. The molecule has 2 heteroatoms. The summed E-state index contributed by atoms with van der Waals surface area (Å²) in [5.41, 5.74) is 5.17. The molecular formula is C5H10NO. The lowest BCUT2D eigenvalue weighted by Gasteiger charge is -1.97. The minimum absolute atomic E-state index is 0.234. The molecule has 0 saturated heterocycles. The number of carbonyl (C=O) groups excluding carboxylic acids is 1. The summed E-state index contributed by atoms with van der Waals surface area (Å²) in [6, 6.07) is 0. The summed E-state index contributed by atoms with van der Waals surface area (Å²) >= 11 is 0. The molecule has 1 unspecified atom stereocenters. The second-order valence-corrected chi connectivity index (χ2v) is 1.54. The first-order chi connectivity index (χ1) is 3.31. The van der Waals surface area contributed by atoms with Crippen LogP contribution in [0.3, 0.4) is 0 Å². The lowest BCUT2D eigenvalue weighted by atomic mass is 10.1. The number of carbonyl (C=O) groups is 1. The molecule has 0 bridgehead atoms. The van der Waals surface area contributed by atoms with Gasteiger partial charge in [-0.3, -0.25) is 0 Å². The quantitative estimate of drug-likeness (QED) is 0.507. The van der Waals surface area contributed by atoms with Crippen molar-refractivity contribution in [2.45, 2.75) is 6.92 Å². The molecular weight excluding hydrogens is 90.1 g/mol. The lowest BCUT2D eigenvalue weighted by Crippen LogP contribution is -2.11. The van der Waals surface area contributed by atoms with E-state index in [2.05, 4.69) is 0 Å². The van der Waals surface area contributed by atoms with E-state index in [0.717, 1.165) is 6.29 Å². The van der Waals surface area contributed by atoms with Gasteiger partial charge in [0.1, 0.15) is 6.29 Å². The number of rotatable bonds is 3. The molecule has 0 rings (SSSR count). The van der Waals surface area contributed by atoms with E-state index in [0.29, 0.717) is 6.54 Å². The average Bonchev–Trinajstić information content (AvgIpc) is 1.68. The van der Waals surface area contributed by atoms with E-state index in [4.69, 9.17) is 5.73 Å². The van der Waals surface area contributed by atoms with Gasteiger partial charge in [0.25, 0.3) is 0 Å². The summed E-state index contributed by atoms with van der Waals surface area (Å²) in [4.78, 5) is 9.66. The van der Waals surface area contributed by atoms with Crippen molar-refractivity contribution in [3.8, 4) is 0 Å². The van der Waals surface area contributed by atoms with Gasteiger partial charge < -0.3 is 10.5 Å². The van der Waals surface area contributed by atoms with E-state index in [9.17, 15) is 4.79 Å². The smallest absolute Gasteiger partial charge is 0.124 e. The second kappa shape index (κ2) is 3.81. The Morgan fingerprint density at radius 1 is 1.86 bits per heavy atom. The summed E-state index contributed by atoms with van der Waals surface area (Å²) in [5.74, 6) is 0.234. The maximum absolute atomic E-state index is 9.66. The Labute approximate surface area is 43.7 Å². The summed E-state index contributed by atoms with van der Waals surface area (Å²) < 4.78 is 0. The van der Waals surface area contributed by atoms with E-state index in [1.165, 1.54) is 0 Å². The molecule has 0 aliphatic heterocycles. The topological polar surface area (TPSA) is 43.1 Å². The van der Waals surface area contributed by atoms with Gasteiger partial charge in [0.15, 0.2) is 0 Å². The van der Waals surface area contributed by atoms with E-state index < -0.39 is 0 Å². The van der Waals surface area contributed by atoms with Gasteiger partial charge in [-0.25, -0.2) is 0 Å². The fraction of sp³-hybridized carbons (Fsp3) is 0.600. The molecule has 1 atom stereocenters. The van der Waals surface area contributed by atoms with Crippen LogP contribution < -0.4 is 5.73 Å². The largest absolute Gasteiger partial charge is 0.330 e. The zero-order valence-corrected chi connectivity index (χ0v) is 4.42. The highest BCUT2D eigenvalue weighted by atomic mass is 16.1. The SMILES string of the molecule is CC([CH]C=O)CN. The Bertz CT molecular complexity index is 54.0. The van der Waals surface area contributed by atoms with Crippen LogP contribution in [0.4, 0.5) is 0 Å². The van der Waals surface area contributed by atoms with Gasteiger partial charge in [0.2, 0.25) is 0 Å². The van der Waals surface area contributed by atoms with Crippen LogP contribution in [0, 0.1) is 12.3 Å². The van der Waals surface area contributed by atoms with Crippen molar-refractivity contribution in [3.05, 3.63) is 6.42 Å². The number of nitrogens with two attached hydrogens (primary N) is 1. The lowest BCUT2D eigenvalue weighted by molar-refractivity contribution is -0.105. The highest BCUT2D eigenvalue weighted by molar-refractivity contribution is 5.61. The Morgan fingerprint density at radius 2 is 2.43 bits per heavy atom. The standard InChI is InChI=1S/C5H10NO/c1-5(4-6)2-3-7/h2-3,5H,4,6H2,1H3. The van der Waals surface area contributed by atoms with Crippen LogP contribution in [0.15, 0.2) is 0 Å². The van der Waals surface area contributed by atoms with Crippen LogP contribution in [0.5, 0.6) is 0 Å². The Balaban J connectivity index is 2.98. The summed E-state index contributed by atoms with van der Waals surface area (Å²) in [6.07, 6.45) is 2.32. The minimum atomic E-state index is 0.234. The van der Waals surface area contributed by atoms with Gasteiger partial charge in [0, 0.05) is 6.42 Å². The van der Waals surface area contributed by atoms with E-state index in [1.807, 2.05) is 6.92 Å². The monoisotopic (exact) mass is 100 g/mol. The summed E-state index contributed by atoms with van der Waals surface area (Å²) in [7, 11) is 0. The van der Waals surface area contributed by atoms with Crippen LogP contribution in [0.1, 0.15) is 6.92 Å². The van der Waals surface area contributed by atoms with Gasteiger partial charge in [-0.2, -0.15) is 0 Å². The zero-order chi connectivity index (χ0) is 5.70. The molecule has 0 saturated carbocycles. The van der Waals surface area contributed by atoms with E-state index >= 15 is 0 Å². The fourth-order valence-corrected chi connectivity index (χ4v) is 0.213. The highest BCUT2D eigenvalue weighted by Crippen LogP contribution is 1.90. The Hall–Kier alpha value is -0.370. The van der Waals surface area contributed by atoms with Crippen molar-refractivity contribution >= 4 is 6.29 Å². The molecule has 0 aromatic carbocycles. The molecule has 7 heavy (non-hydrogen) atoms. The molecule has 0 amide bonds. The summed E-state index contributed by atoms with van der Waals surface area (Å²) in [6.45, 7) is 2.45.